The molecule has 24 heavy (non-hydrogen) atoms. The number of carbonyl (C=O) groups excluding carboxylic acids is 1. The number of aromatic nitrogens is 1. The van der Waals surface area contributed by atoms with E-state index in [2.05, 4.69) is 4.98 Å². The highest BCUT2D eigenvalue weighted by atomic mass is 16.5. The van der Waals surface area contributed by atoms with Crippen LogP contribution in [0.1, 0.15) is 28.5 Å². The molecule has 0 bridgehead atoms. The molecule has 0 aliphatic heterocycles. The summed E-state index contributed by atoms with van der Waals surface area (Å²) in [6.07, 6.45) is 1.77. The van der Waals surface area contributed by atoms with Crippen molar-refractivity contribution in [3.63, 3.8) is 0 Å². The Morgan fingerprint density at radius 2 is 1.83 bits per heavy atom. The molecule has 1 heterocycles. The van der Waals surface area contributed by atoms with Crippen LogP contribution in [0, 0.1) is 6.92 Å². The second kappa shape index (κ2) is 7.09. The molecule has 3 aromatic rings. The van der Waals surface area contributed by atoms with Gasteiger partial charge in [0.25, 0.3) is 0 Å². The number of aryl methyl sites for hydroxylation is 1. The lowest BCUT2D eigenvalue weighted by Crippen LogP contribution is -2.02. The first kappa shape index (κ1) is 15.9. The largest absolute Gasteiger partial charge is 0.488 e. The summed E-state index contributed by atoms with van der Waals surface area (Å²) in [5.74, 6) is 0.595. The first-order chi connectivity index (χ1) is 11.6. The maximum absolute atomic E-state index is 12.1. The molecular weight excluding hydrogens is 298 g/mol. The Morgan fingerprint density at radius 3 is 2.54 bits per heavy atom. The van der Waals surface area contributed by atoms with Crippen LogP contribution in [-0.2, 0) is 6.61 Å². The van der Waals surface area contributed by atoms with Gasteiger partial charge >= 0.3 is 0 Å². The first-order valence-corrected chi connectivity index (χ1v) is 7.89. The monoisotopic (exact) mass is 317 g/mol. The van der Waals surface area contributed by atoms with Crippen molar-refractivity contribution in [2.24, 2.45) is 0 Å². The summed E-state index contributed by atoms with van der Waals surface area (Å²) in [6, 6.07) is 19.5. The summed E-state index contributed by atoms with van der Waals surface area (Å²) in [5.41, 5.74) is 4.59. The Labute approximate surface area is 142 Å². The van der Waals surface area contributed by atoms with Gasteiger partial charge in [-0.2, -0.15) is 0 Å². The average molecular weight is 317 g/mol. The van der Waals surface area contributed by atoms with E-state index in [1.807, 2.05) is 67.6 Å². The number of Topliss-reactive ketones (excluding diaryl/α,β-unsaturated/α-hetero) is 1. The molecule has 2 aromatic carbocycles. The Kier molecular flexibility index (Phi) is 4.71. The molecule has 120 valence electrons. The fourth-order valence-electron chi connectivity index (χ4n) is 2.62. The van der Waals surface area contributed by atoms with Crippen molar-refractivity contribution >= 4 is 5.78 Å². The van der Waals surface area contributed by atoms with E-state index in [4.69, 9.17) is 4.74 Å². The summed E-state index contributed by atoms with van der Waals surface area (Å²) < 4.78 is 5.87. The van der Waals surface area contributed by atoms with Crippen molar-refractivity contribution in [3.8, 4) is 16.9 Å². The molecule has 0 aliphatic rings. The van der Waals surface area contributed by atoms with Gasteiger partial charge in [-0.3, -0.25) is 9.78 Å². The average Bonchev–Trinajstić information content (AvgIpc) is 2.61. The molecule has 0 atom stereocenters. The van der Waals surface area contributed by atoms with Gasteiger partial charge in [0.1, 0.15) is 12.4 Å². The quantitative estimate of drug-likeness (QED) is 0.632. The van der Waals surface area contributed by atoms with E-state index in [0.717, 1.165) is 22.4 Å². The lowest BCUT2D eigenvalue weighted by molar-refractivity contribution is 0.101. The molecule has 0 aliphatic carbocycles. The number of carbonyl (C=O) groups is 1. The van der Waals surface area contributed by atoms with Crippen LogP contribution in [-0.4, -0.2) is 10.8 Å². The number of ketones is 1. The smallest absolute Gasteiger partial charge is 0.163 e. The van der Waals surface area contributed by atoms with Crippen LogP contribution in [0.2, 0.25) is 0 Å². The van der Waals surface area contributed by atoms with E-state index in [-0.39, 0.29) is 5.78 Å². The number of nitrogens with zero attached hydrogens (tertiary/aromatic N) is 1. The number of ether oxygens (including phenoxy) is 1. The predicted octanol–water partition coefficient (Wildman–Crippen LogP) is 4.84. The molecule has 1 aromatic heterocycles. The van der Waals surface area contributed by atoms with Gasteiger partial charge in [-0.15, -0.1) is 0 Å². The molecule has 0 spiro atoms. The standard InChI is InChI=1S/C21H19NO2/c1-15-19(9-6-12-22-15)18-10-11-21(20(13-18)16(2)23)24-14-17-7-4-3-5-8-17/h3-13H,14H2,1-2H3. The zero-order chi connectivity index (χ0) is 16.9. The maximum Gasteiger partial charge on any atom is 0.163 e. The zero-order valence-corrected chi connectivity index (χ0v) is 13.8. The third-order valence-corrected chi connectivity index (χ3v) is 3.91. The van der Waals surface area contributed by atoms with E-state index in [0.29, 0.717) is 17.9 Å². The molecule has 3 nitrogen and oxygen atoms in total. The van der Waals surface area contributed by atoms with Gasteiger partial charge in [0.2, 0.25) is 0 Å². The van der Waals surface area contributed by atoms with Crippen molar-refractivity contribution in [2.75, 3.05) is 0 Å². The molecule has 3 rings (SSSR count). The van der Waals surface area contributed by atoms with Crippen LogP contribution < -0.4 is 4.74 Å². The van der Waals surface area contributed by atoms with Crippen LogP contribution in [0.4, 0.5) is 0 Å². The van der Waals surface area contributed by atoms with E-state index in [1.54, 1.807) is 13.1 Å². The Morgan fingerprint density at radius 1 is 1.04 bits per heavy atom. The number of benzene rings is 2. The van der Waals surface area contributed by atoms with E-state index >= 15 is 0 Å². The van der Waals surface area contributed by atoms with Gasteiger partial charge in [-0.25, -0.2) is 0 Å². The normalized spacial score (nSPS) is 10.4. The van der Waals surface area contributed by atoms with Crippen LogP contribution in [0.15, 0.2) is 66.9 Å². The van der Waals surface area contributed by atoms with Gasteiger partial charge in [0.05, 0.1) is 5.56 Å². The molecule has 0 fully saturated rings. The molecule has 0 radical (unpaired) electrons. The van der Waals surface area contributed by atoms with Crippen molar-refractivity contribution in [1.29, 1.82) is 0 Å². The molecular formula is C21H19NO2. The topological polar surface area (TPSA) is 39.2 Å². The molecule has 0 saturated heterocycles. The van der Waals surface area contributed by atoms with Gasteiger partial charge in [0, 0.05) is 17.5 Å². The molecule has 0 saturated carbocycles. The summed E-state index contributed by atoms with van der Waals surface area (Å²) in [5, 5.41) is 0. The predicted molar refractivity (Wildman–Crippen MR) is 95.2 cm³/mol. The number of hydrogen-bond acceptors (Lipinski definition) is 3. The zero-order valence-electron chi connectivity index (χ0n) is 13.8. The summed E-state index contributed by atoms with van der Waals surface area (Å²) >= 11 is 0. The lowest BCUT2D eigenvalue weighted by Gasteiger charge is -2.12. The summed E-state index contributed by atoms with van der Waals surface area (Å²) in [6.45, 7) is 3.96. The minimum Gasteiger partial charge on any atom is -0.488 e. The second-order valence-electron chi connectivity index (χ2n) is 5.68. The van der Waals surface area contributed by atoms with Crippen molar-refractivity contribution in [3.05, 3.63) is 83.7 Å². The van der Waals surface area contributed by atoms with E-state index in [9.17, 15) is 4.79 Å². The minimum absolute atomic E-state index is 0.0125. The molecule has 0 unspecified atom stereocenters. The van der Waals surface area contributed by atoms with Crippen molar-refractivity contribution in [2.45, 2.75) is 20.5 Å². The molecule has 0 N–H and O–H groups in total. The Hall–Kier alpha value is -2.94. The maximum atomic E-state index is 12.1. The first-order valence-electron chi connectivity index (χ1n) is 7.89. The van der Waals surface area contributed by atoms with E-state index in [1.165, 1.54) is 0 Å². The third-order valence-electron chi connectivity index (χ3n) is 3.91. The Bertz CT molecular complexity index is 857. The highest BCUT2D eigenvalue weighted by molar-refractivity contribution is 5.98. The lowest BCUT2D eigenvalue weighted by atomic mass is 10.00. The minimum atomic E-state index is -0.0125. The van der Waals surface area contributed by atoms with Crippen LogP contribution >= 0.6 is 0 Å². The molecule has 0 amide bonds. The van der Waals surface area contributed by atoms with Crippen molar-refractivity contribution < 1.29 is 9.53 Å². The van der Waals surface area contributed by atoms with Gasteiger partial charge in [0.15, 0.2) is 5.78 Å². The molecule has 3 heteroatoms. The van der Waals surface area contributed by atoms with Crippen LogP contribution in [0.25, 0.3) is 11.1 Å². The third kappa shape index (κ3) is 3.51. The highest BCUT2D eigenvalue weighted by Crippen LogP contribution is 2.29. The fraction of sp³-hybridized carbons (Fsp3) is 0.143. The fourth-order valence-corrected chi connectivity index (χ4v) is 2.62. The number of pyridine rings is 1. The van der Waals surface area contributed by atoms with Crippen LogP contribution in [0.5, 0.6) is 5.75 Å². The highest BCUT2D eigenvalue weighted by Gasteiger charge is 2.12. The van der Waals surface area contributed by atoms with Gasteiger partial charge in [-0.1, -0.05) is 42.5 Å². The van der Waals surface area contributed by atoms with Gasteiger partial charge < -0.3 is 4.74 Å². The number of hydrogen-bond donors (Lipinski definition) is 0. The van der Waals surface area contributed by atoms with Crippen LogP contribution in [0.3, 0.4) is 0 Å². The van der Waals surface area contributed by atoms with Gasteiger partial charge in [-0.05, 0) is 43.2 Å². The van der Waals surface area contributed by atoms with E-state index < -0.39 is 0 Å². The SMILES string of the molecule is CC(=O)c1cc(-c2cccnc2C)ccc1OCc1ccccc1. The Balaban J connectivity index is 1.91. The summed E-state index contributed by atoms with van der Waals surface area (Å²) in [4.78, 5) is 16.4. The number of rotatable bonds is 5. The second-order valence-corrected chi connectivity index (χ2v) is 5.68. The van der Waals surface area contributed by atoms with Crippen molar-refractivity contribution in [1.82, 2.24) is 4.98 Å². The summed E-state index contributed by atoms with van der Waals surface area (Å²) in [7, 11) is 0.